The highest BCUT2D eigenvalue weighted by Crippen LogP contribution is 2.38. The number of amides is 1. The number of aromatic amines is 1. The van der Waals surface area contributed by atoms with Gasteiger partial charge in [0.1, 0.15) is 23.0 Å². The van der Waals surface area contributed by atoms with E-state index in [4.69, 9.17) is 10.1 Å². The zero-order valence-electron chi connectivity index (χ0n) is 31.1. The SMILES string of the molecule is CNc1ccc(-n2ccn(-c3c4c(nn3-c3cc(C)c(F)c(C)c3)[C@@H](F)CN(C(=O)c3cc5cc([C@H]6CCOC(C)(C)C6)ccc5[nH]3)C4)c2=O)c(F)c1C=N. The lowest BCUT2D eigenvalue weighted by atomic mass is 9.83. The number of aryl methyl sites for hydroxylation is 2. The molecule has 55 heavy (non-hydrogen) atoms. The van der Waals surface area contributed by atoms with E-state index in [0.717, 1.165) is 34.5 Å². The van der Waals surface area contributed by atoms with E-state index in [2.05, 4.69) is 41.4 Å². The lowest BCUT2D eigenvalue weighted by molar-refractivity contribution is -0.0592. The average Bonchev–Trinajstić information content (AvgIpc) is 3.87. The molecule has 3 N–H and O–H groups in total. The van der Waals surface area contributed by atoms with E-state index in [1.807, 2.05) is 6.07 Å². The summed E-state index contributed by atoms with van der Waals surface area (Å²) in [5, 5.41) is 16.1. The van der Waals surface area contributed by atoms with Crippen LogP contribution in [0, 0.1) is 30.9 Å². The van der Waals surface area contributed by atoms with Gasteiger partial charge in [0.2, 0.25) is 0 Å². The minimum absolute atomic E-state index is 0.0329. The molecular formula is C41H41F3N8O3. The standard InChI is InChI=1S/C41H41F3N8O3/c1-22-14-27(15-23(2)35(22)43)52-38(51-12-11-50(40(51)54)34-9-8-32(46-5)28(19-45)36(34)44)29-20-49(21-30(42)37(29)48-52)39(53)33-17-26-16-24(6-7-31(26)47-33)25-10-13-55-41(3,4)18-25/h6-9,11-12,14-17,19,25,30,45-47H,10,13,18,20-21H2,1-5H3/t25-,30-/m0/s1. The van der Waals surface area contributed by atoms with Crippen molar-refractivity contribution in [1.82, 2.24) is 28.8 Å². The molecular weight excluding hydrogens is 709 g/mol. The van der Waals surface area contributed by atoms with Crippen LogP contribution < -0.4 is 11.0 Å². The maximum Gasteiger partial charge on any atom is 0.338 e. The first-order chi connectivity index (χ1) is 26.3. The van der Waals surface area contributed by atoms with Crippen LogP contribution in [0.1, 0.15) is 82.8 Å². The van der Waals surface area contributed by atoms with Gasteiger partial charge in [0.25, 0.3) is 5.91 Å². The van der Waals surface area contributed by atoms with Crippen LogP contribution in [0.25, 0.3) is 28.1 Å². The second-order valence-electron chi connectivity index (χ2n) is 15.0. The van der Waals surface area contributed by atoms with Crippen LogP contribution in [0.2, 0.25) is 0 Å². The predicted molar refractivity (Wildman–Crippen MR) is 204 cm³/mol. The van der Waals surface area contributed by atoms with Gasteiger partial charge in [0.15, 0.2) is 12.0 Å². The molecule has 2 atom stereocenters. The highest BCUT2D eigenvalue weighted by atomic mass is 19.1. The van der Waals surface area contributed by atoms with Gasteiger partial charge >= 0.3 is 5.69 Å². The fourth-order valence-electron chi connectivity index (χ4n) is 8.08. The molecule has 284 valence electrons. The number of nitrogens with one attached hydrogen (secondary N) is 3. The number of anilines is 1. The van der Waals surface area contributed by atoms with Crippen molar-refractivity contribution in [2.75, 3.05) is 25.5 Å². The van der Waals surface area contributed by atoms with E-state index in [9.17, 15) is 14.0 Å². The van der Waals surface area contributed by atoms with Crippen molar-refractivity contribution in [3.05, 3.63) is 122 Å². The third kappa shape index (κ3) is 6.14. The maximum absolute atomic E-state index is 16.3. The van der Waals surface area contributed by atoms with Gasteiger partial charge in [-0.15, -0.1) is 0 Å². The van der Waals surface area contributed by atoms with Crippen molar-refractivity contribution in [3.8, 4) is 17.2 Å². The van der Waals surface area contributed by atoms with E-state index >= 15 is 8.78 Å². The van der Waals surface area contributed by atoms with Crippen molar-refractivity contribution < 1.29 is 22.7 Å². The predicted octanol–water partition coefficient (Wildman–Crippen LogP) is 7.57. The molecule has 3 aromatic carbocycles. The molecule has 0 saturated carbocycles. The average molecular weight is 751 g/mol. The van der Waals surface area contributed by atoms with Crippen molar-refractivity contribution in [3.63, 3.8) is 0 Å². The van der Waals surface area contributed by atoms with Gasteiger partial charge < -0.3 is 25.3 Å². The zero-order valence-corrected chi connectivity index (χ0v) is 31.1. The Morgan fingerprint density at radius 1 is 1.05 bits per heavy atom. The number of fused-ring (bicyclic) bond motifs is 2. The van der Waals surface area contributed by atoms with E-state index in [-0.39, 0.29) is 47.0 Å². The molecule has 1 fully saturated rings. The molecule has 2 aliphatic rings. The Kier molecular flexibility index (Phi) is 8.83. The summed E-state index contributed by atoms with van der Waals surface area (Å²) in [6.07, 6.45) is 3.71. The first kappa shape index (κ1) is 36.1. The molecule has 1 saturated heterocycles. The van der Waals surface area contributed by atoms with Crippen LogP contribution in [-0.2, 0) is 11.3 Å². The normalized spacial score (nSPS) is 18.1. The summed E-state index contributed by atoms with van der Waals surface area (Å²) in [4.78, 5) is 33.0. The molecule has 14 heteroatoms. The van der Waals surface area contributed by atoms with Gasteiger partial charge in [0, 0.05) is 54.4 Å². The summed E-state index contributed by atoms with van der Waals surface area (Å²) >= 11 is 0. The Hall–Kier alpha value is -5.89. The number of imidazole rings is 1. The van der Waals surface area contributed by atoms with Gasteiger partial charge in [-0.3, -0.25) is 13.9 Å². The first-order valence-corrected chi connectivity index (χ1v) is 18.2. The van der Waals surface area contributed by atoms with Crippen LogP contribution >= 0.6 is 0 Å². The van der Waals surface area contributed by atoms with Gasteiger partial charge in [0.05, 0.1) is 35.6 Å². The Labute approximate surface area is 314 Å². The first-order valence-electron chi connectivity index (χ1n) is 18.2. The molecule has 0 unspecified atom stereocenters. The summed E-state index contributed by atoms with van der Waals surface area (Å²) in [5.41, 5.74) is 2.88. The fraction of sp³-hybridized carbons (Fsp3) is 0.317. The molecule has 3 aromatic heterocycles. The number of hydrogen-bond donors (Lipinski definition) is 3. The fourth-order valence-corrected chi connectivity index (χ4v) is 8.08. The summed E-state index contributed by atoms with van der Waals surface area (Å²) < 4.78 is 56.5. The summed E-state index contributed by atoms with van der Waals surface area (Å²) in [6.45, 7) is 7.68. The van der Waals surface area contributed by atoms with Crippen LogP contribution in [0.5, 0.6) is 0 Å². The summed E-state index contributed by atoms with van der Waals surface area (Å²) in [5.74, 6) is -1.18. The smallest absolute Gasteiger partial charge is 0.338 e. The Bertz CT molecular complexity index is 2560. The minimum Gasteiger partial charge on any atom is -0.388 e. The molecule has 11 nitrogen and oxygen atoms in total. The Morgan fingerprint density at radius 3 is 2.51 bits per heavy atom. The van der Waals surface area contributed by atoms with Crippen LogP contribution in [0.15, 0.2) is 65.7 Å². The molecule has 0 radical (unpaired) electrons. The van der Waals surface area contributed by atoms with Crippen molar-refractivity contribution >= 4 is 28.7 Å². The maximum atomic E-state index is 16.3. The molecule has 2 aliphatic heterocycles. The highest BCUT2D eigenvalue weighted by molar-refractivity contribution is 5.98. The third-order valence-electron chi connectivity index (χ3n) is 10.8. The van der Waals surface area contributed by atoms with E-state index < -0.39 is 29.4 Å². The molecule has 5 heterocycles. The second kappa shape index (κ2) is 13.4. The van der Waals surface area contributed by atoms with Crippen molar-refractivity contribution in [2.24, 2.45) is 0 Å². The van der Waals surface area contributed by atoms with Crippen LogP contribution in [0.4, 0.5) is 18.9 Å². The molecule has 1 amide bonds. The summed E-state index contributed by atoms with van der Waals surface area (Å²) in [6, 6.07) is 14.0. The van der Waals surface area contributed by atoms with Crippen molar-refractivity contribution in [2.45, 2.75) is 64.8 Å². The number of alkyl halides is 1. The molecule has 0 aliphatic carbocycles. The van der Waals surface area contributed by atoms with Gasteiger partial charge in [-0.25, -0.2) is 22.6 Å². The number of carbonyl (C=O) groups excluding carboxylic acids is 1. The van der Waals surface area contributed by atoms with Crippen molar-refractivity contribution in [1.29, 1.82) is 5.41 Å². The number of halogens is 3. The number of rotatable bonds is 7. The highest BCUT2D eigenvalue weighted by Gasteiger charge is 2.37. The van der Waals surface area contributed by atoms with E-state index in [1.54, 1.807) is 45.2 Å². The Balaban J connectivity index is 1.20. The third-order valence-corrected chi connectivity index (χ3v) is 10.8. The number of nitrogens with zero attached hydrogens (tertiary/aromatic N) is 5. The summed E-state index contributed by atoms with van der Waals surface area (Å²) in [7, 11) is 1.60. The Morgan fingerprint density at radius 2 is 1.80 bits per heavy atom. The quantitative estimate of drug-likeness (QED) is 0.145. The number of hydrogen-bond acceptors (Lipinski definition) is 6. The largest absolute Gasteiger partial charge is 0.388 e. The lowest BCUT2D eigenvalue weighted by Crippen LogP contribution is -2.38. The van der Waals surface area contributed by atoms with Gasteiger partial charge in [-0.2, -0.15) is 5.10 Å². The number of aromatic nitrogens is 5. The van der Waals surface area contributed by atoms with Crippen LogP contribution in [-0.4, -0.2) is 66.7 Å². The topological polar surface area (TPSA) is 126 Å². The second-order valence-corrected chi connectivity index (χ2v) is 15.0. The minimum atomic E-state index is -1.72. The van der Waals surface area contributed by atoms with Gasteiger partial charge in [-0.05, 0) is 106 Å². The molecule has 0 spiro atoms. The zero-order chi connectivity index (χ0) is 38.9. The number of benzene rings is 3. The van der Waals surface area contributed by atoms with E-state index in [0.29, 0.717) is 40.7 Å². The number of H-pyrrole nitrogens is 1. The number of ether oxygens (including phenoxy) is 1. The monoisotopic (exact) mass is 750 g/mol. The molecule has 6 aromatic rings. The lowest BCUT2D eigenvalue weighted by Gasteiger charge is -2.35. The number of carbonyl (C=O) groups is 1. The molecule has 8 rings (SSSR count). The molecule has 0 bridgehead atoms. The van der Waals surface area contributed by atoms with Gasteiger partial charge in [-0.1, -0.05) is 6.07 Å². The van der Waals surface area contributed by atoms with Crippen LogP contribution in [0.3, 0.4) is 0 Å². The van der Waals surface area contributed by atoms with E-state index in [1.165, 1.54) is 38.2 Å².